The summed E-state index contributed by atoms with van der Waals surface area (Å²) in [6.45, 7) is -0.316. The molecular weight excluding hydrogens is 476 g/mol. The third-order valence-corrected chi connectivity index (χ3v) is 6.01. The van der Waals surface area contributed by atoms with Crippen molar-refractivity contribution in [2.75, 3.05) is 33.2 Å². The molecule has 1 heterocycles. The zero-order chi connectivity index (χ0) is 23.4. The molecule has 0 spiro atoms. The van der Waals surface area contributed by atoms with Crippen LogP contribution in [0.1, 0.15) is 5.56 Å². The van der Waals surface area contributed by atoms with Gasteiger partial charge in [0.15, 0.2) is 11.5 Å². The Kier molecular flexibility index (Phi) is 7.49. The van der Waals surface area contributed by atoms with Gasteiger partial charge in [-0.1, -0.05) is 35.6 Å². The second kappa shape index (κ2) is 10.1. The molecule has 1 aliphatic rings. The van der Waals surface area contributed by atoms with Gasteiger partial charge in [-0.05, 0) is 42.0 Å². The number of phenolic OH excluding ortho intramolecular Hbond substituents is 1. The van der Waals surface area contributed by atoms with Crippen LogP contribution in [0.3, 0.4) is 0 Å². The van der Waals surface area contributed by atoms with E-state index in [2.05, 4.69) is 5.32 Å². The highest BCUT2D eigenvalue weighted by Gasteiger charge is 2.33. The SMILES string of the molecule is COc1cc(/C=C2\SC(=S)N(CC(=O)Nc3cc(Cl)ccc3O)C2=O)cc(OC)c1OC. The number of carbonyl (C=O) groups is 2. The van der Waals surface area contributed by atoms with Gasteiger partial charge in [-0.15, -0.1) is 0 Å². The quantitative estimate of drug-likeness (QED) is 0.340. The fourth-order valence-electron chi connectivity index (χ4n) is 2.91. The molecule has 0 bridgehead atoms. The van der Waals surface area contributed by atoms with Crippen LogP contribution in [0.15, 0.2) is 35.2 Å². The number of halogens is 1. The van der Waals surface area contributed by atoms with Crippen LogP contribution in [0.4, 0.5) is 5.69 Å². The minimum absolute atomic E-state index is 0.140. The summed E-state index contributed by atoms with van der Waals surface area (Å²) in [5.74, 6) is 0.215. The molecule has 0 atom stereocenters. The minimum Gasteiger partial charge on any atom is -0.506 e. The third kappa shape index (κ3) is 5.09. The van der Waals surface area contributed by atoms with Crippen molar-refractivity contribution in [2.45, 2.75) is 0 Å². The number of thiocarbonyl (C=S) groups is 1. The Bertz CT molecular complexity index is 1100. The van der Waals surface area contributed by atoms with Crippen LogP contribution in [0.25, 0.3) is 6.08 Å². The lowest BCUT2D eigenvalue weighted by atomic mass is 10.1. The number of aromatic hydroxyl groups is 1. The van der Waals surface area contributed by atoms with Crippen LogP contribution in [-0.2, 0) is 9.59 Å². The number of rotatable bonds is 7. The van der Waals surface area contributed by atoms with E-state index < -0.39 is 11.8 Å². The average Bonchev–Trinajstić information content (AvgIpc) is 3.02. The molecule has 2 N–H and O–H groups in total. The van der Waals surface area contributed by atoms with E-state index >= 15 is 0 Å². The van der Waals surface area contributed by atoms with Gasteiger partial charge in [-0.25, -0.2) is 0 Å². The van der Waals surface area contributed by atoms with Gasteiger partial charge < -0.3 is 24.6 Å². The summed E-state index contributed by atoms with van der Waals surface area (Å²) >= 11 is 12.2. The average molecular weight is 495 g/mol. The van der Waals surface area contributed by atoms with E-state index in [-0.39, 0.29) is 22.3 Å². The monoisotopic (exact) mass is 494 g/mol. The van der Waals surface area contributed by atoms with Crippen molar-refractivity contribution in [1.29, 1.82) is 0 Å². The summed E-state index contributed by atoms with van der Waals surface area (Å²) in [6, 6.07) is 7.65. The van der Waals surface area contributed by atoms with Crippen molar-refractivity contribution in [3.05, 3.63) is 45.8 Å². The number of nitrogens with zero attached hydrogens (tertiary/aromatic N) is 1. The predicted octanol–water partition coefficient (Wildman–Crippen LogP) is 3.91. The second-order valence-electron chi connectivity index (χ2n) is 6.44. The Morgan fingerprint density at radius 2 is 1.84 bits per heavy atom. The van der Waals surface area contributed by atoms with Crippen LogP contribution >= 0.6 is 35.6 Å². The van der Waals surface area contributed by atoms with Crippen molar-refractivity contribution in [3.63, 3.8) is 0 Å². The van der Waals surface area contributed by atoms with Crippen LogP contribution < -0.4 is 19.5 Å². The zero-order valence-electron chi connectivity index (χ0n) is 17.3. The van der Waals surface area contributed by atoms with Gasteiger partial charge in [-0.3, -0.25) is 14.5 Å². The molecule has 32 heavy (non-hydrogen) atoms. The number of nitrogens with one attached hydrogen (secondary N) is 1. The van der Waals surface area contributed by atoms with E-state index in [1.54, 1.807) is 18.2 Å². The number of phenols is 1. The number of ether oxygens (including phenoxy) is 3. The number of amides is 2. The van der Waals surface area contributed by atoms with Gasteiger partial charge in [0.25, 0.3) is 5.91 Å². The molecule has 168 valence electrons. The second-order valence-corrected chi connectivity index (χ2v) is 8.55. The van der Waals surface area contributed by atoms with Crippen LogP contribution in [0, 0.1) is 0 Å². The number of methoxy groups -OCH3 is 3. The zero-order valence-corrected chi connectivity index (χ0v) is 19.7. The number of hydrogen-bond donors (Lipinski definition) is 2. The van der Waals surface area contributed by atoms with Crippen molar-refractivity contribution >= 4 is 63.5 Å². The first-order valence-corrected chi connectivity index (χ1v) is 10.7. The summed E-state index contributed by atoms with van der Waals surface area (Å²) in [7, 11) is 4.49. The van der Waals surface area contributed by atoms with Crippen molar-refractivity contribution < 1.29 is 28.9 Å². The van der Waals surface area contributed by atoms with E-state index in [1.165, 1.54) is 44.4 Å². The Balaban J connectivity index is 1.79. The lowest BCUT2D eigenvalue weighted by molar-refractivity contribution is -0.126. The highest BCUT2D eigenvalue weighted by molar-refractivity contribution is 8.26. The largest absolute Gasteiger partial charge is 0.506 e. The Labute approximate surface area is 199 Å². The van der Waals surface area contributed by atoms with Crippen LogP contribution in [0.5, 0.6) is 23.0 Å². The molecule has 0 saturated carbocycles. The first kappa shape index (κ1) is 23.7. The summed E-state index contributed by atoms with van der Waals surface area (Å²) in [4.78, 5) is 26.8. The molecule has 1 saturated heterocycles. The lowest BCUT2D eigenvalue weighted by Gasteiger charge is -2.15. The van der Waals surface area contributed by atoms with Crippen LogP contribution in [0.2, 0.25) is 5.02 Å². The molecule has 3 rings (SSSR count). The molecule has 0 aromatic heterocycles. The van der Waals surface area contributed by atoms with Gasteiger partial charge in [0, 0.05) is 5.02 Å². The molecule has 8 nitrogen and oxygen atoms in total. The highest BCUT2D eigenvalue weighted by Crippen LogP contribution is 2.40. The maximum absolute atomic E-state index is 12.9. The smallest absolute Gasteiger partial charge is 0.266 e. The normalized spacial score (nSPS) is 14.6. The Morgan fingerprint density at radius 3 is 2.44 bits per heavy atom. The fraction of sp³-hybridized carbons (Fsp3) is 0.190. The van der Waals surface area contributed by atoms with E-state index in [9.17, 15) is 14.7 Å². The van der Waals surface area contributed by atoms with E-state index in [1.807, 2.05) is 0 Å². The lowest BCUT2D eigenvalue weighted by Crippen LogP contribution is -2.36. The number of anilines is 1. The van der Waals surface area contributed by atoms with E-state index in [0.29, 0.717) is 32.7 Å². The molecule has 2 amide bonds. The van der Waals surface area contributed by atoms with Crippen molar-refractivity contribution in [2.24, 2.45) is 0 Å². The Hall–Kier alpha value is -2.95. The molecule has 1 fully saturated rings. The third-order valence-electron chi connectivity index (χ3n) is 4.39. The number of carbonyl (C=O) groups excluding carboxylic acids is 2. The topological polar surface area (TPSA) is 97.3 Å². The van der Waals surface area contributed by atoms with Crippen LogP contribution in [-0.4, -0.2) is 54.0 Å². The van der Waals surface area contributed by atoms with E-state index in [4.69, 9.17) is 38.0 Å². The fourth-order valence-corrected chi connectivity index (χ4v) is 4.34. The predicted molar refractivity (Wildman–Crippen MR) is 128 cm³/mol. The first-order valence-electron chi connectivity index (χ1n) is 9.11. The van der Waals surface area contributed by atoms with Crippen molar-refractivity contribution in [1.82, 2.24) is 4.90 Å². The number of thioether (sulfide) groups is 1. The highest BCUT2D eigenvalue weighted by atomic mass is 35.5. The number of hydrogen-bond acceptors (Lipinski definition) is 8. The van der Waals surface area contributed by atoms with Gasteiger partial charge in [0.05, 0.1) is 31.9 Å². The van der Waals surface area contributed by atoms with Gasteiger partial charge in [-0.2, -0.15) is 0 Å². The molecule has 11 heteroatoms. The summed E-state index contributed by atoms with van der Waals surface area (Å²) < 4.78 is 16.2. The molecule has 2 aromatic carbocycles. The minimum atomic E-state index is -0.534. The molecule has 2 aromatic rings. The molecule has 0 unspecified atom stereocenters. The summed E-state index contributed by atoms with van der Waals surface area (Å²) in [5, 5.41) is 12.7. The van der Waals surface area contributed by atoms with Crippen molar-refractivity contribution in [3.8, 4) is 23.0 Å². The molecule has 1 aliphatic heterocycles. The maximum Gasteiger partial charge on any atom is 0.266 e. The van der Waals surface area contributed by atoms with Gasteiger partial charge in [0.1, 0.15) is 16.6 Å². The Morgan fingerprint density at radius 1 is 1.19 bits per heavy atom. The molecular formula is C21H19ClN2O6S2. The summed E-state index contributed by atoms with van der Waals surface area (Å²) in [6.07, 6.45) is 1.63. The molecule has 0 radical (unpaired) electrons. The first-order chi connectivity index (χ1) is 15.3. The maximum atomic E-state index is 12.9. The standard InChI is InChI=1S/C21H19ClN2O6S2/c1-28-15-6-11(7-16(29-2)19(15)30-3)8-17-20(27)24(21(31)32-17)10-18(26)23-13-9-12(22)4-5-14(13)25/h4-9,25H,10H2,1-3H3,(H,23,26)/b17-8-. The molecule has 0 aliphatic carbocycles. The van der Waals surface area contributed by atoms with Gasteiger partial charge >= 0.3 is 0 Å². The van der Waals surface area contributed by atoms with E-state index in [0.717, 1.165) is 11.8 Å². The number of benzene rings is 2. The van der Waals surface area contributed by atoms with Gasteiger partial charge in [0.2, 0.25) is 11.7 Å². The summed E-state index contributed by atoms with van der Waals surface area (Å²) in [5.41, 5.74) is 0.772.